The normalized spacial score (nSPS) is 11.8. The van der Waals surface area contributed by atoms with Gasteiger partial charge in [-0.15, -0.1) is 0 Å². The highest BCUT2D eigenvalue weighted by molar-refractivity contribution is 5.79. The number of benzene rings is 1. The van der Waals surface area contributed by atoms with Gasteiger partial charge in [0.05, 0.1) is 7.11 Å². The minimum Gasteiger partial charge on any atom is -0.493 e. The van der Waals surface area contributed by atoms with E-state index in [0.717, 1.165) is 55.6 Å². The number of hydrogen-bond acceptors (Lipinski definition) is 4. The van der Waals surface area contributed by atoms with E-state index in [1.54, 1.807) is 14.2 Å². The van der Waals surface area contributed by atoms with Crippen molar-refractivity contribution >= 4 is 5.96 Å². The summed E-state index contributed by atoms with van der Waals surface area (Å²) >= 11 is 0. The molecule has 0 spiro atoms. The van der Waals surface area contributed by atoms with Crippen molar-refractivity contribution in [3.63, 3.8) is 0 Å². The van der Waals surface area contributed by atoms with E-state index in [-0.39, 0.29) is 0 Å². The van der Waals surface area contributed by atoms with Crippen LogP contribution in [0.2, 0.25) is 0 Å². The van der Waals surface area contributed by atoms with Crippen LogP contribution in [0.4, 0.5) is 0 Å². The van der Waals surface area contributed by atoms with Gasteiger partial charge in [-0.1, -0.05) is 33.8 Å². The standard InChI is InChI=1S/C21H38N4O2/c1-7-25(8-2)13-14-27-19-10-9-18(15-20(19)26-6)16-24-21(22-5)23-12-11-17(3)4/h9-10,15,17H,7-8,11-14,16H2,1-6H3,(H2,22,23,24). The van der Waals surface area contributed by atoms with Crippen molar-refractivity contribution in [1.82, 2.24) is 15.5 Å². The van der Waals surface area contributed by atoms with Crippen LogP contribution in [0, 0.1) is 5.92 Å². The first-order chi connectivity index (χ1) is 13.0. The molecule has 27 heavy (non-hydrogen) atoms. The average Bonchev–Trinajstić information content (AvgIpc) is 2.68. The first-order valence-corrected chi connectivity index (χ1v) is 10.0. The molecule has 154 valence electrons. The number of guanidine groups is 1. The van der Waals surface area contributed by atoms with E-state index in [1.165, 1.54) is 0 Å². The number of aliphatic imine (C=N–C) groups is 1. The maximum absolute atomic E-state index is 5.92. The van der Waals surface area contributed by atoms with Crippen molar-refractivity contribution in [2.24, 2.45) is 10.9 Å². The van der Waals surface area contributed by atoms with Gasteiger partial charge in [0.25, 0.3) is 0 Å². The lowest BCUT2D eigenvalue weighted by Gasteiger charge is -2.19. The minimum absolute atomic E-state index is 0.655. The Hall–Kier alpha value is -1.95. The van der Waals surface area contributed by atoms with Gasteiger partial charge in [-0.25, -0.2) is 0 Å². The van der Waals surface area contributed by atoms with E-state index < -0.39 is 0 Å². The summed E-state index contributed by atoms with van der Waals surface area (Å²) in [6.45, 7) is 14.0. The number of methoxy groups -OCH3 is 1. The van der Waals surface area contributed by atoms with E-state index in [2.05, 4.69) is 54.3 Å². The molecular weight excluding hydrogens is 340 g/mol. The Morgan fingerprint density at radius 3 is 2.48 bits per heavy atom. The Balaban J connectivity index is 2.55. The smallest absolute Gasteiger partial charge is 0.191 e. The van der Waals surface area contributed by atoms with Crippen LogP contribution in [-0.4, -0.2) is 57.8 Å². The molecule has 0 bridgehead atoms. The Kier molecular flexibility index (Phi) is 11.3. The van der Waals surface area contributed by atoms with Crippen molar-refractivity contribution < 1.29 is 9.47 Å². The van der Waals surface area contributed by atoms with Crippen LogP contribution in [0.3, 0.4) is 0 Å². The molecular formula is C21H38N4O2. The molecule has 6 heteroatoms. The Morgan fingerprint density at radius 1 is 1.15 bits per heavy atom. The lowest BCUT2D eigenvalue weighted by atomic mass is 10.1. The molecule has 2 N–H and O–H groups in total. The van der Waals surface area contributed by atoms with Crippen LogP contribution >= 0.6 is 0 Å². The summed E-state index contributed by atoms with van der Waals surface area (Å²) in [7, 11) is 3.47. The van der Waals surface area contributed by atoms with Crippen LogP contribution in [0.1, 0.15) is 39.7 Å². The van der Waals surface area contributed by atoms with Crippen molar-refractivity contribution in [3.8, 4) is 11.5 Å². The highest BCUT2D eigenvalue weighted by Crippen LogP contribution is 2.28. The third-order valence-corrected chi connectivity index (χ3v) is 4.49. The zero-order chi connectivity index (χ0) is 20.1. The van der Waals surface area contributed by atoms with Crippen molar-refractivity contribution in [3.05, 3.63) is 23.8 Å². The van der Waals surface area contributed by atoms with Crippen LogP contribution in [0.5, 0.6) is 11.5 Å². The second-order valence-electron chi connectivity index (χ2n) is 6.90. The number of likely N-dealkylation sites (N-methyl/N-ethyl adjacent to an activating group) is 1. The summed E-state index contributed by atoms with van der Waals surface area (Å²) in [5.74, 6) is 3.03. The molecule has 0 heterocycles. The van der Waals surface area contributed by atoms with Gasteiger partial charge in [0.1, 0.15) is 6.61 Å². The summed E-state index contributed by atoms with van der Waals surface area (Å²) < 4.78 is 11.4. The lowest BCUT2D eigenvalue weighted by molar-refractivity contribution is 0.217. The zero-order valence-electron chi connectivity index (χ0n) is 18.0. The molecule has 0 aliphatic rings. The van der Waals surface area contributed by atoms with E-state index in [9.17, 15) is 0 Å². The topological polar surface area (TPSA) is 58.1 Å². The summed E-state index contributed by atoms with van der Waals surface area (Å²) in [5, 5.41) is 6.68. The summed E-state index contributed by atoms with van der Waals surface area (Å²) in [5.41, 5.74) is 1.12. The van der Waals surface area contributed by atoms with Crippen LogP contribution in [0.15, 0.2) is 23.2 Å². The number of nitrogens with zero attached hydrogens (tertiary/aromatic N) is 2. The molecule has 1 rings (SSSR count). The molecule has 0 unspecified atom stereocenters. The van der Waals surface area contributed by atoms with Gasteiger partial charge in [0.15, 0.2) is 17.5 Å². The molecule has 0 aromatic heterocycles. The summed E-state index contributed by atoms with van der Waals surface area (Å²) in [6, 6.07) is 6.05. The largest absolute Gasteiger partial charge is 0.493 e. The van der Waals surface area contributed by atoms with Crippen molar-refractivity contribution in [1.29, 1.82) is 0 Å². The maximum atomic E-state index is 5.92. The number of ether oxygens (including phenoxy) is 2. The molecule has 0 aliphatic carbocycles. The lowest BCUT2D eigenvalue weighted by Crippen LogP contribution is -2.37. The predicted octanol–water partition coefficient (Wildman–Crippen LogP) is 3.13. The van der Waals surface area contributed by atoms with Crippen LogP contribution in [0.25, 0.3) is 0 Å². The van der Waals surface area contributed by atoms with E-state index in [0.29, 0.717) is 19.1 Å². The minimum atomic E-state index is 0.655. The molecule has 0 radical (unpaired) electrons. The summed E-state index contributed by atoms with van der Waals surface area (Å²) in [6.07, 6.45) is 1.12. The Labute approximate surface area is 165 Å². The molecule has 1 aromatic rings. The van der Waals surface area contributed by atoms with Gasteiger partial charge >= 0.3 is 0 Å². The van der Waals surface area contributed by atoms with Crippen molar-refractivity contribution in [2.75, 3.05) is 46.9 Å². The highest BCUT2D eigenvalue weighted by atomic mass is 16.5. The van der Waals surface area contributed by atoms with Crippen LogP contribution in [-0.2, 0) is 6.54 Å². The Bertz CT molecular complexity index is 557. The SMILES string of the molecule is CCN(CC)CCOc1ccc(CNC(=NC)NCCC(C)C)cc1OC. The molecule has 1 aromatic carbocycles. The molecule has 0 fully saturated rings. The number of nitrogens with one attached hydrogen (secondary N) is 2. The third-order valence-electron chi connectivity index (χ3n) is 4.49. The van der Waals surface area contributed by atoms with Gasteiger partial charge < -0.3 is 25.0 Å². The number of rotatable bonds is 12. The highest BCUT2D eigenvalue weighted by Gasteiger charge is 2.08. The quantitative estimate of drug-likeness (QED) is 0.432. The van der Waals surface area contributed by atoms with Crippen LogP contribution < -0.4 is 20.1 Å². The van der Waals surface area contributed by atoms with E-state index in [4.69, 9.17) is 9.47 Å². The number of hydrogen-bond donors (Lipinski definition) is 2. The first kappa shape index (κ1) is 23.1. The zero-order valence-corrected chi connectivity index (χ0v) is 18.0. The van der Waals surface area contributed by atoms with Crippen molar-refractivity contribution in [2.45, 2.75) is 40.7 Å². The van der Waals surface area contributed by atoms with Gasteiger partial charge in [-0.3, -0.25) is 4.99 Å². The van der Waals surface area contributed by atoms with Gasteiger partial charge in [0, 0.05) is 26.7 Å². The molecule has 0 aliphatic heterocycles. The molecule has 0 saturated heterocycles. The maximum Gasteiger partial charge on any atom is 0.191 e. The fourth-order valence-electron chi connectivity index (χ4n) is 2.65. The molecule has 0 amide bonds. The predicted molar refractivity (Wildman–Crippen MR) is 114 cm³/mol. The second kappa shape index (κ2) is 13.3. The molecule has 0 atom stereocenters. The van der Waals surface area contributed by atoms with E-state index >= 15 is 0 Å². The molecule has 6 nitrogen and oxygen atoms in total. The monoisotopic (exact) mass is 378 g/mol. The Morgan fingerprint density at radius 2 is 1.89 bits per heavy atom. The van der Waals surface area contributed by atoms with Gasteiger partial charge in [-0.05, 0) is 43.1 Å². The third kappa shape index (κ3) is 9.00. The van der Waals surface area contributed by atoms with E-state index in [1.807, 2.05) is 12.1 Å². The molecule has 0 saturated carbocycles. The summed E-state index contributed by atoms with van der Waals surface area (Å²) in [4.78, 5) is 6.60. The second-order valence-corrected chi connectivity index (χ2v) is 6.90. The van der Waals surface area contributed by atoms with Gasteiger partial charge in [0.2, 0.25) is 0 Å². The fourth-order valence-corrected chi connectivity index (χ4v) is 2.65. The van der Waals surface area contributed by atoms with Gasteiger partial charge in [-0.2, -0.15) is 0 Å². The first-order valence-electron chi connectivity index (χ1n) is 10.0. The average molecular weight is 379 g/mol. The fraction of sp³-hybridized carbons (Fsp3) is 0.667.